The van der Waals surface area contributed by atoms with Crippen molar-refractivity contribution in [1.29, 1.82) is 0 Å². The highest BCUT2D eigenvalue weighted by atomic mass is 19.2. The van der Waals surface area contributed by atoms with E-state index in [9.17, 15) is 27.2 Å². The Morgan fingerprint density at radius 1 is 0.806 bits per heavy atom. The number of rotatable bonds is 2. The minimum absolute atomic E-state index is 0.00827. The number of hydrogen-bond acceptors (Lipinski definition) is 4. The van der Waals surface area contributed by atoms with Crippen molar-refractivity contribution in [2.24, 2.45) is 0 Å². The average molecular weight is 426 g/mol. The van der Waals surface area contributed by atoms with Crippen LogP contribution in [0.5, 0.6) is 0 Å². The van der Waals surface area contributed by atoms with Crippen LogP contribution in [0.1, 0.15) is 26.4 Å². The number of fused-ring (bicyclic) bond motifs is 3. The molecule has 4 aromatic rings. The molecular formula is C21H10F4N4O2. The third-order valence-corrected chi connectivity index (χ3v) is 5.03. The minimum Gasteiger partial charge on any atom is -0.268 e. The van der Waals surface area contributed by atoms with Gasteiger partial charge in [0.25, 0.3) is 11.8 Å². The van der Waals surface area contributed by atoms with Crippen LogP contribution in [-0.4, -0.2) is 26.6 Å². The van der Waals surface area contributed by atoms with Crippen LogP contribution < -0.4 is 4.90 Å². The first-order valence-corrected chi connectivity index (χ1v) is 8.95. The number of aromatic nitrogens is 3. The summed E-state index contributed by atoms with van der Waals surface area (Å²) >= 11 is 0. The SMILES string of the molecule is Cc1nn(-c2ccc(F)c(F)c2)c2ncc3c(c12)C(=O)N(c1ccc(F)c(F)c1)C3=O. The van der Waals surface area contributed by atoms with Gasteiger partial charge in [-0.25, -0.2) is 32.1 Å². The fourth-order valence-corrected chi connectivity index (χ4v) is 3.62. The van der Waals surface area contributed by atoms with Crippen molar-refractivity contribution in [3.05, 3.63) is 82.7 Å². The molecule has 0 N–H and O–H groups in total. The summed E-state index contributed by atoms with van der Waals surface area (Å²) in [6.45, 7) is 1.57. The third kappa shape index (κ3) is 2.64. The lowest BCUT2D eigenvalue weighted by atomic mass is 10.1. The Kier molecular flexibility index (Phi) is 3.94. The Bertz CT molecular complexity index is 1450. The quantitative estimate of drug-likeness (QED) is 0.358. The van der Waals surface area contributed by atoms with Gasteiger partial charge >= 0.3 is 0 Å². The number of imide groups is 1. The highest BCUT2D eigenvalue weighted by Crippen LogP contribution is 2.35. The van der Waals surface area contributed by atoms with Crippen molar-refractivity contribution in [2.45, 2.75) is 6.92 Å². The summed E-state index contributed by atoms with van der Waals surface area (Å²) in [4.78, 5) is 30.9. The largest absolute Gasteiger partial charge is 0.268 e. The maximum Gasteiger partial charge on any atom is 0.267 e. The summed E-state index contributed by atoms with van der Waals surface area (Å²) in [5.74, 6) is -5.95. The molecule has 10 heteroatoms. The number of nitrogens with zero attached hydrogens (tertiary/aromatic N) is 4. The summed E-state index contributed by atoms with van der Waals surface area (Å²) in [6, 6.07) is 5.83. The number of benzene rings is 2. The van der Waals surface area contributed by atoms with E-state index < -0.39 is 35.1 Å². The molecule has 0 saturated heterocycles. The van der Waals surface area contributed by atoms with Gasteiger partial charge in [-0.3, -0.25) is 9.59 Å². The van der Waals surface area contributed by atoms with Crippen LogP contribution in [0.4, 0.5) is 23.2 Å². The van der Waals surface area contributed by atoms with Crippen molar-refractivity contribution in [3.8, 4) is 5.69 Å². The van der Waals surface area contributed by atoms with Crippen LogP contribution in [0.2, 0.25) is 0 Å². The Morgan fingerprint density at radius 3 is 2.06 bits per heavy atom. The maximum atomic E-state index is 13.7. The third-order valence-electron chi connectivity index (χ3n) is 5.03. The predicted octanol–water partition coefficient (Wildman–Crippen LogP) is 4.09. The summed E-state index contributed by atoms with van der Waals surface area (Å²) in [5.41, 5.74) is 0.455. The van der Waals surface area contributed by atoms with Crippen LogP contribution >= 0.6 is 0 Å². The molecular weight excluding hydrogens is 416 g/mol. The molecule has 0 saturated carbocycles. The van der Waals surface area contributed by atoms with Gasteiger partial charge in [-0.05, 0) is 31.2 Å². The fourth-order valence-electron chi connectivity index (χ4n) is 3.62. The van der Waals surface area contributed by atoms with Gasteiger partial charge in [0.15, 0.2) is 28.9 Å². The smallest absolute Gasteiger partial charge is 0.267 e. The molecule has 6 nitrogen and oxygen atoms in total. The number of hydrogen-bond donors (Lipinski definition) is 0. The van der Waals surface area contributed by atoms with Gasteiger partial charge in [0.05, 0.1) is 33.6 Å². The summed E-state index contributed by atoms with van der Waals surface area (Å²) in [6.07, 6.45) is 1.16. The summed E-state index contributed by atoms with van der Waals surface area (Å²) in [7, 11) is 0. The zero-order chi connectivity index (χ0) is 22.0. The molecule has 5 rings (SSSR count). The molecule has 0 radical (unpaired) electrons. The Labute approximate surface area is 171 Å². The zero-order valence-corrected chi connectivity index (χ0v) is 15.7. The number of carbonyl (C=O) groups excluding carboxylic acids is 2. The van der Waals surface area contributed by atoms with Crippen molar-refractivity contribution < 1.29 is 27.2 Å². The molecule has 2 aromatic heterocycles. The molecule has 0 bridgehead atoms. The average Bonchev–Trinajstić information content (AvgIpc) is 3.20. The van der Waals surface area contributed by atoms with E-state index in [-0.39, 0.29) is 33.5 Å². The number of carbonyl (C=O) groups is 2. The van der Waals surface area contributed by atoms with Crippen molar-refractivity contribution in [1.82, 2.24) is 14.8 Å². The van der Waals surface area contributed by atoms with E-state index in [1.165, 1.54) is 10.7 Å². The highest BCUT2D eigenvalue weighted by Gasteiger charge is 2.40. The van der Waals surface area contributed by atoms with Crippen molar-refractivity contribution >= 4 is 28.5 Å². The Morgan fingerprint density at radius 2 is 1.42 bits per heavy atom. The predicted molar refractivity (Wildman–Crippen MR) is 101 cm³/mol. The Balaban J connectivity index is 1.70. The van der Waals surface area contributed by atoms with Crippen molar-refractivity contribution in [2.75, 3.05) is 4.90 Å². The van der Waals surface area contributed by atoms with Gasteiger partial charge in [-0.2, -0.15) is 5.10 Å². The lowest BCUT2D eigenvalue weighted by molar-refractivity contribution is 0.0926. The maximum absolute atomic E-state index is 13.7. The van der Waals surface area contributed by atoms with Crippen LogP contribution in [0.15, 0.2) is 42.6 Å². The molecule has 1 aliphatic rings. The number of pyridine rings is 1. The molecule has 2 amide bonds. The number of anilines is 1. The van der Waals surface area contributed by atoms with Gasteiger partial charge in [-0.15, -0.1) is 0 Å². The van der Waals surface area contributed by atoms with Crippen molar-refractivity contribution in [3.63, 3.8) is 0 Å². The first-order valence-electron chi connectivity index (χ1n) is 8.95. The molecule has 2 aromatic carbocycles. The van der Waals surface area contributed by atoms with Crippen LogP contribution in [0.25, 0.3) is 16.7 Å². The molecule has 0 aliphatic carbocycles. The Hall–Kier alpha value is -4.08. The summed E-state index contributed by atoms with van der Waals surface area (Å²) < 4.78 is 55.2. The lowest BCUT2D eigenvalue weighted by Gasteiger charge is -2.13. The van der Waals surface area contributed by atoms with E-state index in [1.54, 1.807) is 6.92 Å². The number of aryl methyl sites for hydroxylation is 1. The molecule has 0 spiro atoms. The van der Waals surface area contributed by atoms with Crippen LogP contribution in [-0.2, 0) is 0 Å². The van der Waals surface area contributed by atoms with Crippen LogP contribution in [0.3, 0.4) is 0 Å². The van der Waals surface area contributed by atoms with Gasteiger partial charge in [0.1, 0.15) is 0 Å². The van der Waals surface area contributed by atoms with E-state index >= 15 is 0 Å². The molecule has 31 heavy (non-hydrogen) atoms. The molecule has 3 heterocycles. The minimum atomic E-state index is -1.21. The second kappa shape index (κ2) is 6.46. The van der Waals surface area contributed by atoms with Gasteiger partial charge in [-0.1, -0.05) is 0 Å². The van der Waals surface area contributed by atoms with Crippen LogP contribution in [0, 0.1) is 30.2 Å². The van der Waals surface area contributed by atoms with E-state index in [0.29, 0.717) is 5.69 Å². The monoisotopic (exact) mass is 426 g/mol. The van der Waals surface area contributed by atoms with E-state index in [2.05, 4.69) is 10.1 Å². The normalized spacial score (nSPS) is 13.4. The van der Waals surface area contributed by atoms with E-state index in [4.69, 9.17) is 0 Å². The summed E-state index contributed by atoms with van der Waals surface area (Å²) in [5, 5.41) is 4.51. The molecule has 0 unspecified atom stereocenters. The zero-order valence-electron chi connectivity index (χ0n) is 15.7. The highest BCUT2D eigenvalue weighted by molar-refractivity contribution is 6.37. The van der Waals surface area contributed by atoms with Gasteiger partial charge in [0, 0.05) is 18.3 Å². The molecule has 154 valence electrons. The molecule has 0 fully saturated rings. The topological polar surface area (TPSA) is 68.1 Å². The van der Waals surface area contributed by atoms with E-state index in [0.717, 1.165) is 41.4 Å². The number of amides is 2. The van der Waals surface area contributed by atoms with Gasteiger partial charge in [0.2, 0.25) is 0 Å². The first-order chi connectivity index (χ1) is 14.8. The second-order valence-electron chi connectivity index (χ2n) is 6.89. The molecule has 1 aliphatic heterocycles. The standard InChI is InChI=1S/C21H10F4N4O2/c1-9-17-18-12(20(30)28(21(18)31)10-2-4-13(22)15(24)6-10)8-26-19(17)29(27-9)11-3-5-14(23)16(25)7-11/h2-8H,1H3. The second-order valence-corrected chi connectivity index (χ2v) is 6.89. The van der Waals surface area contributed by atoms with Gasteiger partial charge < -0.3 is 0 Å². The fraction of sp³-hybridized carbons (Fsp3) is 0.0476. The lowest BCUT2D eigenvalue weighted by Crippen LogP contribution is -2.29. The first kappa shape index (κ1) is 18.9. The number of halogens is 4. The van der Waals surface area contributed by atoms with E-state index in [1.807, 2.05) is 0 Å². The molecule has 0 atom stereocenters.